The van der Waals surface area contributed by atoms with E-state index in [1.807, 2.05) is 20.9 Å². The quantitative estimate of drug-likeness (QED) is 0.669. The second-order valence-electron chi connectivity index (χ2n) is 7.77. The number of carbonyl (C=O) groups excluding carboxylic acids is 1. The lowest BCUT2D eigenvalue weighted by Gasteiger charge is -2.37. The van der Waals surface area contributed by atoms with E-state index in [1.54, 1.807) is 19.3 Å². The van der Waals surface area contributed by atoms with Gasteiger partial charge in [-0.1, -0.05) is 25.4 Å². The summed E-state index contributed by atoms with van der Waals surface area (Å²) in [5.74, 6) is 0.138. The molecule has 0 spiro atoms. The molecule has 3 heterocycles. The number of piperidine rings is 1. The molecule has 2 N–H and O–H groups in total. The summed E-state index contributed by atoms with van der Waals surface area (Å²) in [6.07, 6.45) is 4.67. The van der Waals surface area contributed by atoms with Gasteiger partial charge in [-0.3, -0.25) is 4.68 Å². The van der Waals surface area contributed by atoms with Crippen molar-refractivity contribution >= 4 is 50.6 Å². The fourth-order valence-corrected chi connectivity index (χ4v) is 6.13. The van der Waals surface area contributed by atoms with Crippen LogP contribution in [0.3, 0.4) is 0 Å². The summed E-state index contributed by atoms with van der Waals surface area (Å²) >= 11 is 7.44. The number of rotatable bonds is 6. The van der Waals surface area contributed by atoms with Crippen LogP contribution in [-0.2, 0) is 17.3 Å². The Labute approximate surface area is 186 Å². The van der Waals surface area contributed by atoms with Gasteiger partial charge in [0.1, 0.15) is 0 Å². The predicted molar refractivity (Wildman–Crippen MR) is 121 cm³/mol. The lowest BCUT2D eigenvalue weighted by Crippen LogP contribution is -2.54. The van der Waals surface area contributed by atoms with E-state index in [2.05, 4.69) is 20.0 Å². The molecule has 30 heavy (non-hydrogen) atoms. The van der Waals surface area contributed by atoms with E-state index < -0.39 is 16.2 Å². The van der Waals surface area contributed by atoms with Gasteiger partial charge in [-0.2, -0.15) is 13.5 Å². The molecule has 0 bridgehead atoms. The number of amides is 2. The lowest BCUT2D eigenvalue weighted by molar-refractivity contribution is 0.251. The van der Waals surface area contributed by atoms with Gasteiger partial charge in [0, 0.05) is 24.7 Å². The molecule has 1 atom stereocenters. The van der Waals surface area contributed by atoms with Crippen LogP contribution < -0.4 is 14.3 Å². The van der Waals surface area contributed by atoms with E-state index in [4.69, 9.17) is 11.6 Å². The van der Waals surface area contributed by atoms with Gasteiger partial charge in [0.25, 0.3) is 0 Å². The van der Waals surface area contributed by atoms with Crippen LogP contribution >= 0.6 is 22.9 Å². The average Bonchev–Trinajstić information content (AvgIpc) is 3.20. The van der Waals surface area contributed by atoms with E-state index in [9.17, 15) is 13.2 Å². The Morgan fingerprint density at radius 1 is 1.40 bits per heavy atom. The van der Waals surface area contributed by atoms with Crippen LogP contribution in [0.5, 0.6) is 0 Å². The number of likely N-dealkylation sites (N-methyl/N-ethyl adjacent to an activating group) is 1. The number of likely N-dealkylation sites (tertiary alicyclic amines) is 1. The minimum absolute atomic E-state index is 0.138. The SMILES string of the molecule is CC(C)c1sc(Cl)cc1NC(=O)NS(=O)(=O)N(c1cnn(C)c1)C1CCCN(C)C1. The first-order chi connectivity index (χ1) is 14.1. The maximum absolute atomic E-state index is 13.2. The molecule has 2 aromatic heterocycles. The molecule has 1 aliphatic heterocycles. The highest BCUT2D eigenvalue weighted by atomic mass is 35.5. The fourth-order valence-electron chi connectivity index (χ4n) is 3.61. The summed E-state index contributed by atoms with van der Waals surface area (Å²) in [6, 6.07) is 0.493. The Morgan fingerprint density at radius 2 is 2.13 bits per heavy atom. The third-order valence-corrected chi connectivity index (χ3v) is 7.90. The average molecular weight is 475 g/mol. The monoisotopic (exact) mass is 474 g/mol. The number of aromatic nitrogens is 2. The highest BCUT2D eigenvalue weighted by Crippen LogP contribution is 2.36. The maximum Gasteiger partial charge on any atom is 0.334 e. The molecule has 1 saturated heterocycles. The largest absolute Gasteiger partial charge is 0.334 e. The summed E-state index contributed by atoms with van der Waals surface area (Å²) in [6.45, 7) is 5.43. The Kier molecular flexibility index (Phi) is 6.95. The zero-order valence-electron chi connectivity index (χ0n) is 17.4. The third kappa shape index (κ3) is 5.26. The molecule has 2 aromatic rings. The number of aryl methyl sites for hydroxylation is 1. The van der Waals surface area contributed by atoms with Gasteiger partial charge >= 0.3 is 16.2 Å². The molecule has 0 aromatic carbocycles. The van der Waals surface area contributed by atoms with Crippen molar-refractivity contribution in [3.63, 3.8) is 0 Å². The molecule has 1 unspecified atom stereocenters. The number of nitrogens with zero attached hydrogens (tertiary/aromatic N) is 4. The molecule has 9 nitrogen and oxygen atoms in total. The molecule has 1 aliphatic rings. The molecule has 12 heteroatoms. The summed E-state index contributed by atoms with van der Waals surface area (Å²) in [4.78, 5) is 15.6. The molecule has 1 fully saturated rings. The van der Waals surface area contributed by atoms with E-state index in [0.29, 0.717) is 28.7 Å². The van der Waals surface area contributed by atoms with Crippen LogP contribution in [0.4, 0.5) is 16.2 Å². The first-order valence-corrected chi connectivity index (χ1v) is 12.3. The molecule has 0 aliphatic carbocycles. The second-order valence-corrected chi connectivity index (χ2v) is 11.0. The maximum atomic E-state index is 13.2. The van der Waals surface area contributed by atoms with Gasteiger partial charge in [-0.05, 0) is 38.4 Å². The normalized spacial score (nSPS) is 17.9. The van der Waals surface area contributed by atoms with Crippen LogP contribution in [0.15, 0.2) is 18.5 Å². The van der Waals surface area contributed by atoms with Crippen LogP contribution in [0, 0.1) is 0 Å². The van der Waals surface area contributed by atoms with Crippen molar-refractivity contribution in [2.45, 2.75) is 38.6 Å². The zero-order chi connectivity index (χ0) is 22.1. The minimum Gasteiger partial charge on any atom is -0.306 e. The number of halogens is 1. The van der Waals surface area contributed by atoms with Gasteiger partial charge in [0.15, 0.2) is 0 Å². The minimum atomic E-state index is -4.17. The van der Waals surface area contributed by atoms with Gasteiger partial charge in [0.2, 0.25) is 0 Å². The lowest BCUT2D eigenvalue weighted by atomic mass is 10.1. The highest BCUT2D eigenvalue weighted by molar-refractivity contribution is 7.91. The van der Waals surface area contributed by atoms with Crippen LogP contribution in [-0.4, -0.2) is 55.3 Å². The van der Waals surface area contributed by atoms with Gasteiger partial charge < -0.3 is 10.2 Å². The third-order valence-electron chi connectivity index (χ3n) is 4.86. The number of thiophene rings is 1. The van der Waals surface area contributed by atoms with Crippen molar-refractivity contribution in [3.8, 4) is 0 Å². The zero-order valence-corrected chi connectivity index (χ0v) is 19.8. The number of carbonyl (C=O) groups is 1. The smallest absolute Gasteiger partial charge is 0.306 e. The predicted octanol–water partition coefficient (Wildman–Crippen LogP) is 3.23. The Balaban J connectivity index is 1.83. The summed E-state index contributed by atoms with van der Waals surface area (Å²) < 4.78 is 32.0. The first kappa shape index (κ1) is 22.9. The highest BCUT2D eigenvalue weighted by Gasteiger charge is 2.35. The van der Waals surface area contributed by atoms with E-state index in [0.717, 1.165) is 17.8 Å². The van der Waals surface area contributed by atoms with Crippen molar-refractivity contribution < 1.29 is 13.2 Å². The number of nitrogens with one attached hydrogen (secondary N) is 2. The van der Waals surface area contributed by atoms with E-state index in [-0.39, 0.29) is 12.0 Å². The second kappa shape index (κ2) is 9.13. The van der Waals surface area contributed by atoms with Crippen molar-refractivity contribution in [1.29, 1.82) is 0 Å². The molecule has 3 rings (SSSR count). The van der Waals surface area contributed by atoms with E-state index >= 15 is 0 Å². The van der Waals surface area contributed by atoms with Crippen LogP contribution in [0.2, 0.25) is 4.34 Å². The molecule has 2 amide bonds. The molecule has 0 saturated carbocycles. The Hall–Kier alpha value is -1.82. The van der Waals surface area contributed by atoms with E-state index in [1.165, 1.54) is 26.5 Å². The van der Waals surface area contributed by atoms with Crippen molar-refractivity contribution in [2.24, 2.45) is 7.05 Å². The first-order valence-electron chi connectivity index (χ1n) is 9.66. The van der Waals surface area contributed by atoms with Gasteiger partial charge in [-0.15, -0.1) is 11.3 Å². The molecular weight excluding hydrogens is 448 g/mol. The molecular formula is C18H27ClN6O3S2. The summed E-state index contributed by atoms with van der Waals surface area (Å²) in [5, 5.41) is 6.73. The number of hydrogen-bond donors (Lipinski definition) is 2. The fraction of sp³-hybridized carbons (Fsp3) is 0.556. The number of anilines is 2. The van der Waals surface area contributed by atoms with Crippen molar-refractivity contribution in [3.05, 3.63) is 27.7 Å². The topological polar surface area (TPSA) is 99.6 Å². The van der Waals surface area contributed by atoms with Gasteiger partial charge in [0.05, 0.1) is 27.9 Å². The number of hydrogen-bond acceptors (Lipinski definition) is 6. The standard InChI is InChI=1S/C18H27ClN6O3S2/c1-12(2)17-15(8-16(19)29-17)21-18(26)22-30(27,28)25(14-9-20-24(4)11-14)13-6-5-7-23(3)10-13/h8-9,11-13H,5-7,10H2,1-4H3,(H2,21,22,26). The van der Waals surface area contributed by atoms with Gasteiger partial charge in [-0.25, -0.2) is 13.8 Å². The summed E-state index contributed by atoms with van der Waals surface area (Å²) in [7, 11) is -0.499. The number of urea groups is 1. The molecule has 166 valence electrons. The van der Waals surface area contributed by atoms with Crippen LogP contribution in [0.25, 0.3) is 0 Å². The molecule has 0 radical (unpaired) electrons. The van der Waals surface area contributed by atoms with Crippen molar-refractivity contribution in [2.75, 3.05) is 29.8 Å². The van der Waals surface area contributed by atoms with Crippen LogP contribution in [0.1, 0.15) is 37.5 Å². The Bertz CT molecular complexity index is 1000. The van der Waals surface area contributed by atoms with Crippen molar-refractivity contribution in [1.82, 2.24) is 19.4 Å². The summed E-state index contributed by atoms with van der Waals surface area (Å²) in [5.41, 5.74) is 0.928. The Morgan fingerprint density at radius 3 is 2.73 bits per heavy atom.